The highest BCUT2D eigenvalue weighted by atomic mass is 32.2. The third kappa shape index (κ3) is 3.54. The number of carbonyl (C=O) groups is 1. The van der Waals surface area contributed by atoms with Gasteiger partial charge in [-0.2, -0.15) is 0 Å². The molecule has 0 saturated heterocycles. The Kier molecular flexibility index (Phi) is 5.41. The van der Waals surface area contributed by atoms with Crippen molar-refractivity contribution in [2.45, 2.75) is 43.1 Å². The molecule has 3 aromatic heterocycles. The van der Waals surface area contributed by atoms with Crippen LogP contribution in [0.25, 0.3) is 10.2 Å². The quantitative estimate of drug-likeness (QED) is 0.364. The number of aromatic nitrogens is 2. The van der Waals surface area contributed by atoms with Gasteiger partial charge in [-0.25, -0.2) is 4.98 Å². The summed E-state index contributed by atoms with van der Waals surface area (Å²) in [6.45, 7) is 6.13. The number of aryl methyl sites for hydroxylation is 2. The fourth-order valence-electron chi connectivity index (χ4n) is 3.37. The SMILES string of the molecule is C=CCNC(=O)[C@@H](C)Sc1nc2sc3c(c2c(=O)n1Cc1ccco1)CCC3. The molecule has 0 bridgehead atoms. The third-order valence-electron chi connectivity index (χ3n) is 4.76. The van der Waals surface area contributed by atoms with Crippen molar-refractivity contribution in [2.24, 2.45) is 0 Å². The van der Waals surface area contributed by atoms with Crippen molar-refractivity contribution < 1.29 is 9.21 Å². The van der Waals surface area contributed by atoms with E-state index in [4.69, 9.17) is 9.40 Å². The van der Waals surface area contributed by atoms with Crippen molar-refractivity contribution in [1.29, 1.82) is 0 Å². The molecule has 3 heterocycles. The van der Waals surface area contributed by atoms with E-state index >= 15 is 0 Å². The number of thioether (sulfide) groups is 1. The molecule has 0 fully saturated rings. The minimum Gasteiger partial charge on any atom is -0.467 e. The monoisotopic (exact) mass is 415 g/mol. The maximum Gasteiger partial charge on any atom is 0.263 e. The number of amides is 1. The second-order valence-electron chi connectivity index (χ2n) is 6.70. The van der Waals surface area contributed by atoms with Crippen molar-refractivity contribution in [3.8, 4) is 0 Å². The molecule has 8 heteroatoms. The first-order chi connectivity index (χ1) is 13.6. The van der Waals surface area contributed by atoms with Gasteiger partial charge in [-0.05, 0) is 43.9 Å². The summed E-state index contributed by atoms with van der Waals surface area (Å²) in [4.78, 5) is 32.5. The molecule has 1 aliphatic carbocycles. The first-order valence-electron chi connectivity index (χ1n) is 9.21. The lowest BCUT2D eigenvalue weighted by atomic mass is 10.2. The molecule has 0 aliphatic heterocycles. The van der Waals surface area contributed by atoms with Gasteiger partial charge in [0.05, 0.1) is 23.4 Å². The minimum absolute atomic E-state index is 0.0537. The molecular weight excluding hydrogens is 394 g/mol. The second kappa shape index (κ2) is 7.97. The zero-order valence-corrected chi connectivity index (χ0v) is 17.2. The van der Waals surface area contributed by atoms with Crippen molar-refractivity contribution in [3.05, 3.63) is 57.6 Å². The van der Waals surface area contributed by atoms with Crippen LogP contribution >= 0.6 is 23.1 Å². The van der Waals surface area contributed by atoms with Crippen LogP contribution in [0.1, 0.15) is 29.5 Å². The van der Waals surface area contributed by atoms with Gasteiger partial charge in [0, 0.05) is 11.4 Å². The Labute approximate surface area is 170 Å². The van der Waals surface area contributed by atoms with Gasteiger partial charge in [-0.3, -0.25) is 14.2 Å². The number of rotatable bonds is 7. The summed E-state index contributed by atoms with van der Waals surface area (Å²) in [5.74, 6) is 0.568. The van der Waals surface area contributed by atoms with Crippen LogP contribution in [0.4, 0.5) is 0 Å². The van der Waals surface area contributed by atoms with Gasteiger partial charge in [-0.15, -0.1) is 17.9 Å². The summed E-state index contributed by atoms with van der Waals surface area (Å²) in [7, 11) is 0. The molecule has 0 radical (unpaired) electrons. The summed E-state index contributed by atoms with van der Waals surface area (Å²) < 4.78 is 7.09. The van der Waals surface area contributed by atoms with E-state index in [1.165, 1.54) is 16.6 Å². The Morgan fingerprint density at radius 2 is 2.39 bits per heavy atom. The average molecular weight is 416 g/mol. The Morgan fingerprint density at radius 1 is 1.54 bits per heavy atom. The van der Waals surface area contributed by atoms with Gasteiger partial charge >= 0.3 is 0 Å². The zero-order chi connectivity index (χ0) is 19.7. The van der Waals surface area contributed by atoms with Gasteiger partial charge in [0.25, 0.3) is 5.56 Å². The van der Waals surface area contributed by atoms with Crippen LogP contribution in [-0.2, 0) is 24.2 Å². The molecule has 0 saturated carbocycles. The van der Waals surface area contributed by atoms with Crippen molar-refractivity contribution in [2.75, 3.05) is 6.54 Å². The Bertz CT molecular complexity index is 1080. The second-order valence-corrected chi connectivity index (χ2v) is 9.09. The Morgan fingerprint density at radius 3 is 3.14 bits per heavy atom. The molecule has 4 rings (SSSR count). The summed E-state index contributed by atoms with van der Waals surface area (Å²) in [5, 5.41) is 3.67. The van der Waals surface area contributed by atoms with Gasteiger partial charge in [-0.1, -0.05) is 17.8 Å². The molecule has 3 aromatic rings. The maximum absolute atomic E-state index is 13.4. The van der Waals surface area contributed by atoms with E-state index in [0.717, 1.165) is 35.0 Å². The van der Waals surface area contributed by atoms with Crippen LogP contribution < -0.4 is 10.9 Å². The summed E-state index contributed by atoms with van der Waals surface area (Å²) in [5.41, 5.74) is 1.10. The molecule has 0 aromatic carbocycles. The van der Waals surface area contributed by atoms with Crippen molar-refractivity contribution >= 4 is 39.2 Å². The lowest BCUT2D eigenvalue weighted by Gasteiger charge is -2.15. The predicted molar refractivity (Wildman–Crippen MR) is 112 cm³/mol. The lowest BCUT2D eigenvalue weighted by molar-refractivity contribution is -0.120. The molecule has 0 unspecified atom stereocenters. The molecule has 6 nitrogen and oxygen atoms in total. The number of hydrogen-bond acceptors (Lipinski definition) is 6. The van der Waals surface area contributed by atoms with E-state index in [2.05, 4.69) is 11.9 Å². The highest BCUT2D eigenvalue weighted by Crippen LogP contribution is 2.36. The van der Waals surface area contributed by atoms with E-state index in [1.807, 2.05) is 13.0 Å². The molecule has 1 aliphatic rings. The number of thiophene rings is 1. The van der Waals surface area contributed by atoms with Crippen LogP contribution in [0, 0.1) is 0 Å². The fourth-order valence-corrected chi connectivity index (χ4v) is 5.61. The minimum atomic E-state index is -0.390. The highest BCUT2D eigenvalue weighted by Gasteiger charge is 2.25. The Hall–Kier alpha value is -2.32. The highest BCUT2D eigenvalue weighted by molar-refractivity contribution is 8.00. The average Bonchev–Trinajstić information content (AvgIpc) is 3.39. The number of furan rings is 1. The van der Waals surface area contributed by atoms with Crippen molar-refractivity contribution in [3.63, 3.8) is 0 Å². The van der Waals surface area contributed by atoms with Crippen LogP contribution in [0.15, 0.2) is 45.4 Å². The topological polar surface area (TPSA) is 77.1 Å². The van der Waals surface area contributed by atoms with Crippen molar-refractivity contribution in [1.82, 2.24) is 14.9 Å². The smallest absolute Gasteiger partial charge is 0.263 e. The molecule has 1 atom stereocenters. The van der Waals surface area contributed by atoms with E-state index in [9.17, 15) is 9.59 Å². The van der Waals surface area contributed by atoms with Gasteiger partial charge in [0.2, 0.25) is 5.91 Å². The third-order valence-corrected chi connectivity index (χ3v) is 7.03. The van der Waals surface area contributed by atoms with Gasteiger partial charge in [0.15, 0.2) is 5.16 Å². The van der Waals surface area contributed by atoms with Gasteiger partial charge < -0.3 is 9.73 Å². The normalized spacial score (nSPS) is 14.2. The van der Waals surface area contributed by atoms with Crippen LogP contribution in [-0.4, -0.2) is 27.3 Å². The Balaban J connectivity index is 1.76. The molecule has 146 valence electrons. The summed E-state index contributed by atoms with van der Waals surface area (Å²) in [6.07, 6.45) is 6.26. The molecule has 0 spiro atoms. The van der Waals surface area contributed by atoms with E-state index in [-0.39, 0.29) is 16.7 Å². The van der Waals surface area contributed by atoms with E-state index in [1.54, 1.807) is 34.3 Å². The number of carbonyl (C=O) groups excluding carboxylic acids is 1. The summed E-state index contributed by atoms with van der Waals surface area (Å²) >= 11 is 2.90. The first-order valence-corrected chi connectivity index (χ1v) is 10.9. The largest absolute Gasteiger partial charge is 0.467 e. The molecule has 1 amide bonds. The zero-order valence-electron chi connectivity index (χ0n) is 15.6. The fraction of sp³-hybridized carbons (Fsp3) is 0.350. The van der Waals surface area contributed by atoms with Crippen LogP contribution in [0.3, 0.4) is 0 Å². The van der Waals surface area contributed by atoms with Gasteiger partial charge in [0.1, 0.15) is 10.6 Å². The van der Waals surface area contributed by atoms with Crippen LogP contribution in [0.2, 0.25) is 0 Å². The molecule has 1 N–H and O–H groups in total. The number of fused-ring (bicyclic) bond motifs is 3. The number of nitrogens with zero attached hydrogens (tertiary/aromatic N) is 2. The number of hydrogen-bond donors (Lipinski definition) is 1. The van der Waals surface area contributed by atoms with Crippen LogP contribution in [0.5, 0.6) is 0 Å². The first kappa shape index (κ1) is 19.0. The maximum atomic E-state index is 13.4. The predicted octanol–water partition coefficient (Wildman–Crippen LogP) is 3.37. The lowest BCUT2D eigenvalue weighted by Crippen LogP contribution is -2.32. The standard InChI is InChI=1S/C20H21N3O3S2/c1-3-9-21-17(24)12(2)27-20-22-18-16(14-7-4-8-15(14)28-18)19(25)23(20)11-13-6-5-10-26-13/h3,5-6,10,12H,1,4,7-9,11H2,2H3,(H,21,24)/t12-/m1/s1. The van der Waals surface area contributed by atoms with E-state index in [0.29, 0.717) is 24.0 Å². The van der Waals surface area contributed by atoms with E-state index < -0.39 is 0 Å². The summed E-state index contributed by atoms with van der Waals surface area (Å²) in [6, 6.07) is 3.64. The molecular formula is C20H21N3O3S2. The molecule has 28 heavy (non-hydrogen) atoms. The number of nitrogens with one attached hydrogen (secondary N) is 1.